The molecule has 0 radical (unpaired) electrons. The van der Waals surface area contributed by atoms with Gasteiger partial charge >= 0.3 is 29.6 Å². The molecule has 0 fully saturated rings. The van der Waals surface area contributed by atoms with Crippen molar-refractivity contribution in [2.75, 3.05) is 11.9 Å². The van der Waals surface area contributed by atoms with Gasteiger partial charge in [-0.1, -0.05) is 76.9 Å². The fraction of sp³-hybridized carbons (Fsp3) is 0.667. The van der Waals surface area contributed by atoms with Gasteiger partial charge in [-0.3, -0.25) is 4.55 Å². The number of benzene rings is 1. The van der Waals surface area contributed by atoms with Gasteiger partial charge in [-0.2, -0.15) is 8.42 Å². The van der Waals surface area contributed by atoms with Crippen molar-refractivity contribution in [1.29, 1.82) is 0 Å². The van der Waals surface area contributed by atoms with E-state index >= 15 is 0 Å². The Morgan fingerprint density at radius 2 is 1.23 bits per heavy atom. The second-order valence-electron chi connectivity index (χ2n) is 7.86. The van der Waals surface area contributed by atoms with Crippen molar-refractivity contribution in [3.63, 3.8) is 0 Å². The van der Waals surface area contributed by atoms with Crippen molar-refractivity contribution < 1.29 is 13.0 Å². The van der Waals surface area contributed by atoms with Crippen LogP contribution in [0.4, 0.5) is 5.69 Å². The molecule has 1 aromatic rings. The first-order valence-corrected chi connectivity index (χ1v) is 12.9. The molecule has 0 aliphatic carbocycles. The second-order valence-corrected chi connectivity index (χ2v) is 9.29. The molecule has 2 N–H and O–H groups in total. The summed E-state index contributed by atoms with van der Waals surface area (Å²) in [6.45, 7) is 3.15. The average Bonchev–Trinajstić information content (AvgIpc) is 2.70. The number of hydrogen-bond donors (Lipinski definition) is 2. The molecule has 168 valence electrons. The molecule has 6 heteroatoms. The van der Waals surface area contributed by atoms with Gasteiger partial charge in [0.05, 0.1) is 4.90 Å². The predicted octanol–water partition coefficient (Wildman–Crippen LogP) is 6.73. The van der Waals surface area contributed by atoms with Gasteiger partial charge in [-0.15, -0.1) is 0 Å². The van der Waals surface area contributed by atoms with Crippen LogP contribution in [0.25, 0.3) is 0 Å². The first-order valence-electron chi connectivity index (χ1n) is 11.5. The molecular weight excluding hydrogens is 405 g/mol. The number of hydrogen-bond acceptors (Lipinski definition) is 3. The maximum atomic E-state index is 11.0. The van der Waals surface area contributed by atoms with Gasteiger partial charge in [0.2, 0.25) is 0 Å². The molecule has 0 amide bonds. The molecule has 0 unspecified atom stereocenters. The molecule has 0 saturated carbocycles. The topological polar surface area (TPSA) is 66.4 Å². The molecule has 1 aromatic carbocycles. The first-order chi connectivity index (χ1) is 14.0. The third-order valence-electron chi connectivity index (χ3n) is 5.17. The summed E-state index contributed by atoms with van der Waals surface area (Å²) in [5.74, 6) is 0. The number of unbranched alkanes of at least 4 members (excludes halogenated alkanes) is 12. The maximum absolute atomic E-state index is 11.0. The van der Waals surface area contributed by atoms with E-state index in [1.807, 2.05) is 0 Å². The first kappa shape index (κ1) is 29.7. The van der Waals surface area contributed by atoms with E-state index in [2.05, 4.69) is 24.4 Å². The summed E-state index contributed by atoms with van der Waals surface area (Å²) < 4.78 is 31.0. The summed E-state index contributed by atoms with van der Waals surface area (Å²) in [7, 11) is -4.10. The summed E-state index contributed by atoms with van der Waals surface area (Å²) >= 11 is 0. The minimum atomic E-state index is -4.10. The van der Waals surface area contributed by atoms with E-state index in [0.717, 1.165) is 18.7 Å². The number of rotatable bonds is 18. The monoisotopic (exact) mass is 447 g/mol. The van der Waals surface area contributed by atoms with Gasteiger partial charge < -0.3 is 5.32 Å². The van der Waals surface area contributed by atoms with Crippen LogP contribution in [0.3, 0.4) is 0 Å². The normalized spacial score (nSPS) is 11.5. The van der Waals surface area contributed by atoms with Gasteiger partial charge in [0.1, 0.15) is 0 Å². The molecule has 0 atom stereocenters. The number of allylic oxidation sites excluding steroid dienone is 2. The Hall–Kier alpha value is -0.330. The molecule has 0 aliphatic rings. The van der Waals surface area contributed by atoms with Crippen molar-refractivity contribution in [2.45, 2.75) is 102 Å². The zero-order valence-electron chi connectivity index (χ0n) is 18.2. The number of nitrogens with one attached hydrogen (secondary N) is 1. The summed E-state index contributed by atoms with van der Waals surface area (Å²) in [4.78, 5) is -0.0692. The average molecular weight is 448 g/mol. The van der Waals surface area contributed by atoms with Crippen molar-refractivity contribution >= 4 is 45.4 Å². The van der Waals surface area contributed by atoms with Crippen LogP contribution in [0.15, 0.2) is 41.3 Å². The molecule has 0 bridgehead atoms. The summed E-state index contributed by atoms with van der Waals surface area (Å²) in [5.41, 5.74) is 0.880. The van der Waals surface area contributed by atoms with Gasteiger partial charge in [0.15, 0.2) is 0 Å². The van der Waals surface area contributed by atoms with Crippen molar-refractivity contribution in [3.8, 4) is 0 Å². The van der Waals surface area contributed by atoms with Gasteiger partial charge in [-0.25, -0.2) is 0 Å². The van der Waals surface area contributed by atoms with E-state index in [1.54, 1.807) is 12.1 Å². The van der Waals surface area contributed by atoms with Gasteiger partial charge in [-0.05, 0) is 56.4 Å². The second kappa shape index (κ2) is 19.4. The molecule has 30 heavy (non-hydrogen) atoms. The SMILES string of the molecule is CCCCCCCC/C=C\CCCCCCCCNc1ccc(S(=O)(=O)O)cc1.[NaH]. The van der Waals surface area contributed by atoms with E-state index in [9.17, 15) is 8.42 Å². The fourth-order valence-electron chi connectivity index (χ4n) is 3.35. The Morgan fingerprint density at radius 3 is 1.73 bits per heavy atom. The van der Waals surface area contributed by atoms with Crippen LogP contribution >= 0.6 is 0 Å². The summed E-state index contributed by atoms with van der Waals surface area (Å²) in [6.07, 6.45) is 22.9. The molecule has 0 spiro atoms. The number of anilines is 1. The zero-order chi connectivity index (χ0) is 21.2. The molecule has 1 rings (SSSR count). The third-order valence-corrected chi connectivity index (χ3v) is 6.04. The molecular formula is C24H42NNaO3S. The van der Waals surface area contributed by atoms with E-state index in [-0.39, 0.29) is 34.5 Å². The standard InChI is InChI=1S/C24H41NO3S.Na.H/c1-2-3-4-5-6-7-8-9-10-11-12-13-14-15-16-17-22-25-23-18-20-24(21-19-23)29(26,27)28;;/h9-10,18-21,25H,2-8,11-17,22H2,1H3,(H,26,27,28);;/b10-9-;;. The van der Waals surface area contributed by atoms with Crippen LogP contribution in [0.1, 0.15) is 96.8 Å². The summed E-state index contributed by atoms with van der Waals surface area (Å²) in [5, 5.41) is 3.29. The van der Waals surface area contributed by atoms with E-state index < -0.39 is 10.1 Å². The van der Waals surface area contributed by atoms with E-state index in [1.165, 1.54) is 95.6 Å². The zero-order valence-corrected chi connectivity index (χ0v) is 19.1. The van der Waals surface area contributed by atoms with Crippen LogP contribution in [0.5, 0.6) is 0 Å². The quantitative estimate of drug-likeness (QED) is 0.113. The molecule has 4 nitrogen and oxygen atoms in total. The van der Waals surface area contributed by atoms with Crippen LogP contribution in [0, 0.1) is 0 Å². The minimum absolute atomic E-state index is 0. The van der Waals surface area contributed by atoms with Crippen molar-refractivity contribution in [1.82, 2.24) is 0 Å². The molecule has 0 aliphatic heterocycles. The van der Waals surface area contributed by atoms with Gasteiger partial charge in [0, 0.05) is 12.2 Å². The van der Waals surface area contributed by atoms with Crippen LogP contribution in [-0.4, -0.2) is 49.1 Å². The van der Waals surface area contributed by atoms with Crippen LogP contribution in [0.2, 0.25) is 0 Å². The molecule has 0 heterocycles. The fourth-order valence-corrected chi connectivity index (χ4v) is 3.83. The Morgan fingerprint density at radius 1 is 0.767 bits per heavy atom. The van der Waals surface area contributed by atoms with Crippen LogP contribution in [-0.2, 0) is 10.1 Å². The van der Waals surface area contributed by atoms with Gasteiger partial charge in [0.25, 0.3) is 10.1 Å². The Balaban J connectivity index is 0.00000841. The van der Waals surface area contributed by atoms with Crippen molar-refractivity contribution in [3.05, 3.63) is 36.4 Å². The summed E-state index contributed by atoms with van der Waals surface area (Å²) in [6, 6.07) is 6.20. The van der Waals surface area contributed by atoms with E-state index in [4.69, 9.17) is 4.55 Å². The Bertz CT molecular complexity index is 645. The molecule has 0 saturated heterocycles. The predicted molar refractivity (Wildman–Crippen MR) is 131 cm³/mol. The Kier molecular flexibility index (Phi) is 19.1. The van der Waals surface area contributed by atoms with E-state index in [0.29, 0.717) is 0 Å². The van der Waals surface area contributed by atoms with Crippen molar-refractivity contribution in [2.24, 2.45) is 0 Å². The Labute approximate surface area is 207 Å². The third kappa shape index (κ3) is 16.4. The van der Waals surface area contributed by atoms with Crippen LogP contribution < -0.4 is 5.32 Å². The molecule has 0 aromatic heterocycles.